The number of carbonyl (C=O) groups excluding carboxylic acids is 3. The number of aliphatic imine (C=N–C) groups is 1. The van der Waals surface area contributed by atoms with E-state index in [1.165, 1.54) is 37.1 Å². The first-order valence-electron chi connectivity index (χ1n) is 12.0. The van der Waals surface area contributed by atoms with Gasteiger partial charge >= 0.3 is 6.18 Å². The molecular weight excluding hydrogens is 545 g/mol. The first-order chi connectivity index (χ1) is 19.5. The summed E-state index contributed by atoms with van der Waals surface area (Å²) >= 11 is 0. The Morgan fingerprint density at radius 3 is 2.61 bits per heavy atom. The van der Waals surface area contributed by atoms with Gasteiger partial charge in [-0.2, -0.15) is 13.2 Å². The molecule has 1 atom stereocenters. The minimum atomic E-state index is -4.56. The number of amides is 3. The lowest BCUT2D eigenvalue weighted by Gasteiger charge is -2.18. The fourth-order valence-corrected chi connectivity index (χ4v) is 3.76. The summed E-state index contributed by atoms with van der Waals surface area (Å²) in [5.41, 5.74) is 0.210. The number of anilines is 1. The number of rotatable bonds is 9. The molecule has 0 aliphatic rings. The Morgan fingerprint density at radius 1 is 1.22 bits per heavy atom. The van der Waals surface area contributed by atoms with E-state index in [4.69, 9.17) is 4.52 Å². The Hall–Kier alpha value is -5.21. The molecule has 0 unspecified atom stereocenters. The summed E-state index contributed by atoms with van der Waals surface area (Å²) < 4.78 is 44.7. The highest BCUT2D eigenvalue weighted by Gasteiger charge is 2.32. The number of nitrogens with zero attached hydrogens (tertiary/aromatic N) is 7. The van der Waals surface area contributed by atoms with E-state index in [-0.39, 0.29) is 23.8 Å². The molecule has 0 bridgehead atoms. The van der Waals surface area contributed by atoms with Crippen molar-refractivity contribution in [2.75, 3.05) is 12.4 Å². The summed E-state index contributed by atoms with van der Waals surface area (Å²) in [6.45, 7) is 3.01. The summed E-state index contributed by atoms with van der Waals surface area (Å²) in [5, 5.41) is 6.57. The fraction of sp³-hybridized carbons (Fsp3) is 0.231. The van der Waals surface area contributed by atoms with Crippen LogP contribution in [-0.2, 0) is 22.3 Å². The summed E-state index contributed by atoms with van der Waals surface area (Å²) in [7, 11) is 1.53. The number of alkyl halides is 3. The van der Waals surface area contributed by atoms with Crippen molar-refractivity contribution >= 4 is 30.3 Å². The monoisotopic (exact) mass is 568 g/mol. The van der Waals surface area contributed by atoms with Gasteiger partial charge in [-0.05, 0) is 38.1 Å². The van der Waals surface area contributed by atoms with Crippen molar-refractivity contribution in [1.82, 2.24) is 29.6 Å². The van der Waals surface area contributed by atoms with E-state index in [2.05, 4.69) is 30.4 Å². The standard InChI is InChI=1S/C26H23F3N8O4/c1-15-9-19(35-41-15)12-36(14-38)25(40)22-23(30-3)33-13-37(22)16(2)24(39)32-11-18-5-4-6-20(34-18)17-7-8-21(31-10-17)26(27,28)29/h4-11,13-14,16,30H,12H2,1-3H3/t16-/m0/s1. The van der Waals surface area contributed by atoms with Crippen molar-refractivity contribution in [3.05, 3.63) is 77.5 Å². The Balaban J connectivity index is 1.53. The normalized spacial score (nSPS) is 12.3. The molecule has 3 amide bonds. The van der Waals surface area contributed by atoms with E-state index in [9.17, 15) is 27.6 Å². The van der Waals surface area contributed by atoms with Crippen molar-refractivity contribution in [2.45, 2.75) is 32.6 Å². The van der Waals surface area contributed by atoms with E-state index in [0.717, 1.165) is 17.2 Å². The number of halogens is 3. The lowest BCUT2D eigenvalue weighted by Crippen LogP contribution is -2.32. The van der Waals surface area contributed by atoms with Gasteiger partial charge in [0.25, 0.3) is 11.8 Å². The second-order valence-corrected chi connectivity index (χ2v) is 8.72. The van der Waals surface area contributed by atoms with Crippen LogP contribution in [0, 0.1) is 6.92 Å². The smallest absolute Gasteiger partial charge is 0.371 e. The van der Waals surface area contributed by atoms with E-state index in [1.54, 1.807) is 31.2 Å². The van der Waals surface area contributed by atoms with Crippen molar-refractivity contribution in [3.63, 3.8) is 0 Å². The Labute approximate surface area is 230 Å². The van der Waals surface area contributed by atoms with Gasteiger partial charge in [-0.3, -0.25) is 24.3 Å². The second-order valence-electron chi connectivity index (χ2n) is 8.72. The highest BCUT2D eigenvalue weighted by atomic mass is 19.4. The van der Waals surface area contributed by atoms with Crippen LogP contribution in [0.1, 0.15) is 46.3 Å². The Morgan fingerprint density at radius 2 is 2.00 bits per heavy atom. The molecule has 0 spiro atoms. The summed E-state index contributed by atoms with van der Waals surface area (Å²) in [4.78, 5) is 54.8. The van der Waals surface area contributed by atoms with Crippen molar-refractivity contribution in [3.8, 4) is 11.3 Å². The van der Waals surface area contributed by atoms with Gasteiger partial charge < -0.3 is 14.4 Å². The number of carbonyl (C=O) groups is 3. The molecule has 12 nitrogen and oxygen atoms in total. The molecule has 0 aliphatic carbocycles. The van der Waals surface area contributed by atoms with Crippen LogP contribution < -0.4 is 5.32 Å². The predicted molar refractivity (Wildman–Crippen MR) is 139 cm³/mol. The molecular formula is C26H23F3N8O4. The molecule has 0 fully saturated rings. The van der Waals surface area contributed by atoms with Gasteiger partial charge in [0, 0.05) is 24.9 Å². The van der Waals surface area contributed by atoms with Crippen molar-refractivity contribution < 1.29 is 32.1 Å². The van der Waals surface area contributed by atoms with Gasteiger partial charge in [0.1, 0.15) is 23.2 Å². The first-order valence-corrected chi connectivity index (χ1v) is 12.0. The van der Waals surface area contributed by atoms with Gasteiger partial charge in [-0.1, -0.05) is 11.2 Å². The molecule has 212 valence electrons. The van der Waals surface area contributed by atoms with Gasteiger partial charge in [0.15, 0.2) is 11.5 Å². The predicted octanol–water partition coefficient (Wildman–Crippen LogP) is 3.70. The molecule has 0 aliphatic heterocycles. The highest BCUT2D eigenvalue weighted by Crippen LogP contribution is 2.28. The van der Waals surface area contributed by atoms with Crippen LogP contribution in [0.5, 0.6) is 0 Å². The fourth-order valence-electron chi connectivity index (χ4n) is 3.76. The van der Waals surface area contributed by atoms with E-state index in [1.807, 2.05) is 0 Å². The zero-order chi connectivity index (χ0) is 29.7. The number of hydrogen-bond donors (Lipinski definition) is 1. The number of imidazole rings is 1. The molecule has 0 radical (unpaired) electrons. The zero-order valence-electron chi connectivity index (χ0n) is 22.0. The molecule has 41 heavy (non-hydrogen) atoms. The zero-order valence-corrected chi connectivity index (χ0v) is 22.0. The summed E-state index contributed by atoms with van der Waals surface area (Å²) in [6, 6.07) is 7.41. The Kier molecular flexibility index (Phi) is 8.35. The van der Waals surface area contributed by atoms with Crippen molar-refractivity contribution in [2.24, 2.45) is 4.99 Å². The van der Waals surface area contributed by atoms with E-state index < -0.39 is 29.7 Å². The third-order valence-electron chi connectivity index (χ3n) is 5.85. The van der Waals surface area contributed by atoms with Crippen molar-refractivity contribution in [1.29, 1.82) is 0 Å². The second kappa shape index (κ2) is 11.9. The van der Waals surface area contributed by atoms with Crippen LogP contribution in [0.3, 0.4) is 0 Å². The van der Waals surface area contributed by atoms with Gasteiger partial charge in [0.05, 0.1) is 30.5 Å². The Bertz CT molecular complexity index is 1590. The first kappa shape index (κ1) is 28.8. The molecule has 4 aromatic heterocycles. The van der Waals surface area contributed by atoms with Gasteiger partial charge in [-0.15, -0.1) is 0 Å². The van der Waals surface area contributed by atoms with Gasteiger partial charge in [-0.25, -0.2) is 15.0 Å². The van der Waals surface area contributed by atoms with E-state index >= 15 is 0 Å². The summed E-state index contributed by atoms with van der Waals surface area (Å²) in [5.74, 6) is -0.744. The van der Waals surface area contributed by atoms with Crippen LogP contribution >= 0.6 is 0 Å². The molecule has 15 heteroatoms. The molecule has 4 aromatic rings. The molecule has 4 heterocycles. The highest BCUT2D eigenvalue weighted by molar-refractivity contribution is 6.03. The topological polar surface area (TPSA) is 148 Å². The molecule has 1 N–H and O–H groups in total. The van der Waals surface area contributed by atoms with Crippen LogP contribution in [0.25, 0.3) is 11.3 Å². The maximum Gasteiger partial charge on any atom is 0.433 e. The lowest BCUT2D eigenvalue weighted by atomic mass is 10.1. The van der Waals surface area contributed by atoms with Crippen LogP contribution in [0.15, 0.2) is 58.4 Å². The molecule has 0 saturated heterocycles. The maximum absolute atomic E-state index is 13.3. The number of aryl methyl sites for hydroxylation is 1. The number of aromatic nitrogens is 5. The largest absolute Gasteiger partial charge is 0.433 e. The van der Waals surface area contributed by atoms with Crippen LogP contribution in [0.4, 0.5) is 19.0 Å². The number of hydrogen-bond acceptors (Lipinski definition) is 9. The number of nitrogens with one attached hydrogen (secondary N) is 1. The summed E-state index contributed by atoms with van der Waals surface area (Å²) in [6.07, 6.45) is -0.688. The quantitative estimate of drug-likeness (QED) is 0.236. The van der Waals surface area contributed by atoms with Crippen LogP contribution in [0.2, 0.25) is 0 Å². The maximum atomic E-state index is 13.3. The SMILES string of the molecule is CNc1ncn([C@@H](C)C(=O)N=Cc2cccc(-c3ccc(C(F)(F)F)nc3)n2)c1C(=O)N(C=O)Cc1cc(C)on1. The molecule has 0 aromatic carbocycles. The third kappa shape index (κ3) is 6.51. The number of imide groups is 1. The van der Waals surface area contributed by atoms with Gasteiger partial charge in [0.2, 0.25) is 6.41 Å². The average molecular weight is 569 g/mol. The van der Waals surface area contributed by atoms with E-state index in [0.29, 0.717) is 29.1 Å². The lowest BCUT2D eigenvalue weighted by molar-refractivity contribution is -0.141. The molecule has 4 rings (SSSR count). The number of pyridine rings is 2. The molecule has 0 saturated carbocycles. The third-order valence-corrected chi connectivity index (χ3v) is 5.85. The minimum Gasteiger partial charge on any atom is -0.371 e. The van der Waals surface area contributed by atoms with Crippen LogP contribution in [-0.4, -0.2) is 61.1 Å². The average Bonchev–Trinajstić information content (AvgIpc) is 3.59. The minimum absolute atomic E-state index is 0.0502.